The lowest BCUT2D eigenvalue weighted by molar-refractivity contribution is -0.00577. The highest BCUT2D eigenvalue weighted by atomic mass is 19.3. The summed E-state index contributed by atoms with van der Waals surface area (Å²) in [6, 6.07) is 14.5. The predicted octanol–water partition coefficient (Wildman–Crippen LogP) is 3.96. The van der Waals surface area contributed by atoms with Gasteiger partial charge in [0.25, 0.3) is 6.43 Å². The van der Waals surface area contributed by atoms with Crippen LogP contribution in [0.5, 0.6) is 0 Å². The molecule has 0 amide bonds. The average Bonchev–Trinajstić information content (AvgIpc) is 2.39. The summed E-state index contributed by atoms with van der Waals surface area (Å²) in [5.74, 6) is 0. The fraction of sp³-hybridized carbons (Fsp3) is 0.200. The number of aryl methyl sites for hydroxylation is 1. The van der Waals surface area contributed by atoms with Gasteiger partial charge >= 0.3 is 0 Å². The van der Waals surface area contributed by atoms with Crippen LogP contribution in [0.1, 0.15) is 17.2 Å². The molecular weight excluding hydrogens is 234 g/mol. The monoisotopic (exact) mass is 248 g/mol. The van der Waals surface area contributed by atoms with Crippen LogP contribution in [0.3, 0.4) is 0 Å². The number of hydrogen-bond acceptors (Lipinski definition) is 1. The third-order valence-electron chi connectivity index (χ3n) is 2.88. The van der Waals surface area contributed by atoms with Gasteiger partial charge in [0, 0.05) is 0 Å². The summed E-state index contributed by atoms with van der Waals surface area (Å²) < 4.78 is 24.7. The van der Waals surface area contributed by atoms with E-state index in [-0.39, 0.29) is 5.56 Å². The topological polar surface area (TPSA) is 20.2 Å². The molecule has 1 N–H and O–H groups in total. The van der Waals surface area contributed by atoms with Crippen molar-refractivity contribution >= 4 is 0 Å². The van der Waals surface area contributed by atoms with Crippen molar-refractivity contribution in [2.45, 2.75) is 19.5 Å². The molecule has 0 aromatic heterocycles. The van der Waals surface area contributed by atoms with Crippen LogP contribution in [0.2, 0.25) is 0 Å². The molecule has 0 saturated heterocycles. The number of halogens is 2. The Morgan fingerprint density at radius 2 is 1.28 bits per heavy atom. The molecule has 2 aromatic carbocycles. The second-order valence-corrected chi connectivity index (χ2v) is 4.27. The van der Waals surface area contributed by atoms with Gasteiger partial charge in [-0.2, -0.15) is 0 Å². The SMILES string of the molecule is Cc1ccc(-c2ccc(C(O)C(F)F)cc2)cc1. The summed E-state index contributed by atoms with van der Waals surface area (Å²) in [4.78, 5) is 0. The lowest BCUT2D eigenvalue weighted by atomic mass is 10.0. The molecule has 0 radical (unpaired) electrons. The molecule has 0 spiro atoms. The second-order valence-electron chi connectivity index (χ2n) is 4.27. The maximum atomic E-state index is 12.3. The van der Waals surface area contributed by atoms with E-state index in [1.165, 1.54) is 17.7 Å². The molecule has 3 heteroatoms. The number of hydrogen-bond donors (Lipinski definition) is 1. The van der Waals surface area contributed by atoms with Gasteiger partial charge in [-0.3, -0.25) is 0 Å². The molecule has 0 aliphatic carbocycles. The molecule has 1 atom stereocenters. The molecule has 2 aromatic rings. The van der Waals surface area contributed by atoms with Crippen LogP contribution in [-0.4, -0.2) is 11.5 Å². The predicted molar refractivity (Wildman–Crippen MR) is 67.6 cm³/mol. The zero-order valence-electron chi connectivity index (χ0n) is 9.98. The van der Waals surface area contributed by atoms with Gasteiger partial charge in [0.15, 0.2) is 0 Å². The quantitative estimate of drug-likeness (QED) is 0.871. The highest BCUT2D eigenvalue weighted by Gasteiger charge is 2.18. The Hall–Kier alpha value is -1.74. The molecule has 18 heavy (non-hydrogen) atoms. The van der Waals surface area contributed by atoms with Gasteiger partial charge in [-0.15, -0.1) is 0 Å². The van der Waals surface area contributed by atoms with Crippen LogP contribution in [-0.2, 0) is 0 Å². The van der Waals surface area contributed by atoms with Crippen LogP contribution >= 0.6 is 0 Å². The van der Waals surface area contributed by atoms with Gasteiger partial charge < -0.3 is 5.11 Å². The van der Waals surface area contributed by atoms with E-state index in [2.05, 4.69) is 0 Å². The van der Waals surface area contributed by atoms with E-state index in [9.17, 15) is 13.9 Å². The Kier molecular flexibility index (Phi) is 3.72. The standard InChI is InChI=1S/C15H14F2O/c1-10-2-4-11(5-3-10)12-6-8-13(9-7-12)14(18)15(16)17/h2-9,14-15,18H,1H3. The van der Waals surface area contributed by atoms with Crippen LogP contribution in [0.25, 0.3) is 11.1 Å². The normalized spacial score (nSPS) is 12.7. The number of alkyl halides is 2. The summed E-state index contributed by atoms with van der Waals surface area (Å²) in [7, 11) is 0. The van der Waals surface area contributed by atoms with Crippen LogP contribution in [0.15, 0.2) is 48.5 Å². The first kappa shape index (κ1) is 12.7. The average molecular weight is 248 g/mol. The molecule has 94 valence electrons. The lowest BCUT2D eigenvalue weighted by Gasteiger charge is -2.10. The van der Waals surface area contributed by atoms with Gasteiger partial charge in [-0.05, 0) is 23.6 Å². The molecule has 1 unspecified atom stereocenters. The minimum Gasteiger partial charge on any atom is -0.382 e. The van der Waals surface area contributed by atoms with Crippen molar-refractivity contribution in [2.75, 3.05) is 0 Å². The summed E-state index contributed by atoms with van der Waals surface area (Å²) in [5.41, 5.74) is 3.38. The molecule has 1 nitrogen and oxygen atoms in total. The number of aliphatic hydroxyl groups is 1. The molecule has 0 aliphatic heterocycles. The molecule has 0 bridgehead atoms. The van der Waals surface area contributed by atoms with Crippen molar-refractivity contribution < 1.29 is 13.9 Å². The van der Waals surface area contributed by atoms with Gasteiger partial charge in [0.1, 0.15) is 6.10 Å². The summed E-state index contributed by atoms with van der Waals surface area (Å²) in [6.07, 6.45) is -4.47. The number of aliphatic hydroxyl groups excluding tert-OH is 1. The van der Waals surface area contributed by atoms with Crippen molar-refractivity contribution in [1.29, 1.82) is 0 Å². The zero-order valence-corrected chi connectivity index (χ0v) is 9.98. The molecule has 2 rings (SSSR count). The van der Waals surface area contributed by atoms with Crippen molar-refractivity contribution in [3.63, 3.8) is 0 Å². The summed E-state index contributed by atoms with van der Waals surface area (Å²) in [6.45, 7) is 2.01. The molecule has 0 heterocycles. The summed E-state index contributed by atoms with van der Waals surface area (Å²) in [5, 5.41) is 9.25. The Morgan fingerprint density at radius 3 is 1.72 bits per heavy atom. The Morgan fingerprint density at radius 1 is 0.833 bits per heavy atom. The highest BCUT2D eigenvalue weighted by Crippen LogP contribution is 2.25. The van der Waals surface area contributed by atoms with Gasteiger partial charge in [-0.25, -0.2) is 8.78 Å². The van der Waals surface area contributed by atoms with E-state index >= 15 is 0 Å². The van der Waals surface area contributed by atoms with Gasteiger partial charge in [0.05, 0.1) is 0 Å². The molecule has 0 fully saturated rings. The van der Waals surface area contributed by atoms with E-state index < -0.39 is 12.5 Å². The van der Waals surface area contributed by atoms with E-state index in [4.69, 9.17) is 0 Å². The van der Waals surface area contributed by atoms with Crippen LogP contribution in [0.4, 0.5) is 8.78 Å². The van der Waals surface area contributed by atoms with Crippen molar-refractivity contribution in [3.8, 4) is 11.1 Å². The lowest BCUT2D eigenvalue weighted by Crippen LogP contribution is -2.07. The highest BCUT2D eigenvalue weighted by molar-refractivity contribution is 5.63. The van der Waals surface area contributed by atoms with Gasteiger partial charge in [-0.1, -0.05) is 54.1 Å². The minimum atomic E-state index is -2.75. The van der Waals surface area contributed by atoms with Crippen molar-refractivity contribution in [2.24, 2.45) is 0 Å². The van der Waals surface area contributed by atoms with E-state index in [0.717, 1.165) is 11.1 Å². The first-order valence-electron chi connectivity index (χ1n) is 5.71. The Balaban J connectivity index is 2.24. The van der Waals surface area contributed by atoms with Gasteiger partial charge in [0.2, 0.25) is 0 Å². The van der Waals surface area contributed by atoms with Crippen molar-refractivity contribution in [3.05, 3.63) is 59.7 Å². The van der Waals surface area contributed by atoms with E-state index in [1.54, 1.807) is 12.1 Å². The largest absolute Gasteiger partial charge is 0.382 e. The van der Waals surface area contributed by atoms with Crippen LogP contribution < -0.4 is 0 Å². The van der Waals surface area contributed by atoms with E-state index in [0.29, 0.717) is 0 Å². The zero-order chi connectivity index (χ0) is 13.1. The first-order chi connectivity index (χ1) is 8.58. The third-order valence-corrected chi connectivity index (χ3v) is 2.88. The molecule has 0 aliphatic rings. The third kappa shape index (κ3) is 2.74. The minimum absolute atomic E-state index is 0.237. The first-order valence-corrected chi connectivity index (χ1v) is 5.71. The van der Waals surface area contributed by atoms with Crippen molar-refractivity contribution in [1.82, 2.24) is 0 Å². The molecular formula is C15H14F2O. The number of rotatable bonds is 3. The maximum Gasteiger partial charge on any atom is 0.268 e. The van der Waals surface area contributed by atoms with E-state index in [1.807, 2.05) is 31.2 Å². The smallest absolute Gasteiger partial charge is 0.268 e. The second kappa shape index (κ2) is 5.27. The fourth-order valence-electron chi connectivity index (χ4n) is 1.76. The molecule has 0 saturated carbocycles. The Labute approximate surface area is 105 Å². The fourth-order valence-corrected chi connectivity index (χ4v) is 1.76. The maximum absolute atomic E-state index is 12.3. The Bertz CT molecular complexity index is 503. The van der Waals surface area contributed by atoms with Crippen LogP contribution in [0, 0.1) is 6.92 Å². The summed E-state index contributed by atoms with van der Waals surface area (Å²) >= 11 is 0. The number of benzene rings is 2.